The van der Waals surface area contributed by atoms with Crippen molar-refractivity contribution < 1.29 is 33.8 Å². The van der Waals surface area contributed by atoms with Gasteiger partial charge in [-0.2, -0.15) is 0 Å². The van der Waals surface area contributed by atoms with Crippen molar-refractivity contribution in [3.63, 3.8) is 0 Å². The molecule has 2 fully saturated rings. The first kappa shape index (κ1) is 44.1. The first-order valence-corrected chi connectivity index (χ1v) is 19.4. The average Bonchev–Trinajstić information content (AvgIpc) is 3.61. The number of amides is 5. The molecule has 1 aromatic rings. The summed E-state index contributed by atoms with van der Waals surface area (Å²) in [6.07, 6.45) is 1.59. The predicted molar refractivity (Wildman–Crippen MR) is 206 cm³/mol. The maximum atomic E-state index is 14.6. The van der Waals surface area contributed by atoms with E-state index in [1.807, 2.05) is 62.9 Å². The van der Waals surface area contributed by atoms with Crippen molar-refractivity contribution in [1.29, 1.82) is 0 Å². The molecule has 0 aromatic heterocycles. The Hall–Kier alpha value is -3.26. The summed E-state index contributed by atoms with van der Waals surface area (Å²) in [6.45, 7) is 15.2. The topological polar surface area (TPSA) is 167 Å². The molecular formula is C40H68N6O7. The normalized spacial score (nSPS) is 22.7. The second kappa shape index (κ2) is 19.9. The van der Waals surface area contributed by atoms with Crippen LogP contribution in [0, 0.1) is 23.7 Å². The Morgan fingerprint density at radius 1 is 1.08 bits per heavy atom. The van der Waals surface area contributed by atoms with Gasteiger partial charge in [-0.3, -0.25) is 14.4 Å². The van der Waals surface area contributed by atoms with Crippen molar-refractivity contribution in [1.82, 2.24) is 25.3 Å². The third kappa shape index (κ3) is 10.5. The number of ether oxygens (including phenoxy) is 2. The smallest absolute Gasteiger partial charge is 0.315 e. The molecule has 0 radical (unpaired) electrons. The fourth-order valence-corrected chi connectivity index (χ4v) is 8.74. The van der Waals surface area contributed by atoms with E-state index < -0.39 is 47.7 Å². The molecule has 9 atom stereocenters. The molecule has 5 N–H and O–H groups in total. The second-order valence-electron chi connectivity index (χ2n) is 16.0. The number of hydrogen-bond donors (Lipinski definition) is 4. The molecule has 300 valence electrons. The highest BCUT2D eigenvalue weighted by Crippen LogP contribution is 2.34. The van der Waals surface area contributed by atoms with Crippen LogP contribution in [0.4, 0.5) is 4.79 Å². The number of likely N-dealkylation sites (tertiary alicyclic amines) is 1. The van der Waals surface area contributed by atoms with Gasteiger partial charge in [0.2, 0.25) is 17.7 Å². The van der Waals surface area contributed by atoms with E-state index in [9.17, 15) is 24.3 Å². The molecule has 2 saturated heterocycles. The monoisotopic (exact) mass is 745 g/mol. The molecule has 0 aliphatic carbocycles. The SMILES string of the molecule is CC[C@H](C)[C@@H]([C@@H](CC(=O)N1CCC[C@H]1[C@H](OC)[C@@H](C)C(=O)N[C@H](CO)Cc1ccccc1)OC)N(C)C(=O)[C@@H](C(C)C)C1NCCN(C(N)=O)C1(C)C. The Labute approximate surface area is 317 Å². The number of likely N-dealkylation sites (N-methyl/N-ethyl adjacent to an activating group) is 1. The van der Waals surface area contributed by atoms with Crippen LogP contribution in [0.15, 0.2) is 30.3 Å². The number of aliphatic hydroxyl groups excluding tert-OH is 1. The fraction of sp³-hybridized carbons (Fsp3) is 0.750. The fourth-order valence-electron chi connectivity index (χ4n) is 8.74. The Morgan fingerprint density at radius 2 is 1.74 bits per heavy atom. The number of nitrogens with two attached hydrogens (primary N) is 1. The molecule has 0 spiro atoms. The van der Waals surface area contributed by atoms with Crippen LogP contribution in [0.1, 0.15) is 79.7 Å². The second-order valence-corrected chi connectivity index (χ2v) is 16.0. The molecule has 3 rings (SSSR count). The zero-order valence-electron chi connectivity index (χ0n) is 33.8. The summed E-state index contributed by atoms with van der Waals surface area (Å²) in [5, 5.41) is 16.6. The number of hydrogen-bond acceptors (Lipinski definition) is 8. The molecule has 1 unspecified atom stereocenters. The van der Waals surface area contributed by atoms with E-state index in [4.69, 9.17) is 15.2 Å². The van der Waals surface area contributed by atoms with E-state index in [1.165, 1.54) is 0 Å². The highest BCUT2D eigenvalue weighted by atomic mass is 16.5. The predicted octanol–water partition coefficient (Wildman–Crippen LogP) is 3.03. The molecule has 2 aliphatic rings. The lowest BCUT2D eigenvalue weighted by atomic mass is 9.75. The quantitative estimate of drug-likeness (QED) is 0.178. The summed E-state index contributed by atoms with van der Waals surface area (Å²) in [5.41, 5.74) is 6.07. The zero-order chi connectivity index (χ0) is 39.6. The lowest BCUT2D eigenvalue weighted by molar-refractivity contribution is -0.150. The van der Waals surface area contributed by atoms with Crippen LogP contribution in [-0.4, -0.2) is 133 Å². The van der Waals surface area contributed by atoms with E-state index in [-0.39, 0.29) is 54.7 Å². The summed E-state index contributed by atoms with van der Waals surface area (Å²) in [7, 11) is 4.95. The highest BCUT2D eigenvalue weighted by Gasteiger charge is 2.49. The van der Waals surface area contributed by atoms with Crippen LogP contribution < -0.4 is 16.4 Å². The number of nitrogens with one attached hydrogen (secondary N) is 2. The summed E-state index contributed by atoms with van der Waals surface area (Å²) in [6, 6.07) is 7.64. The van der Waals surface area contributed by atoms with Crippen molar-refractivity contribution in [3.05, 3.63) is 35.9 Å². The molecular weight excluding hydrogens is 676 g/mol. The number of rotatable bonds is 18. The summed E-state index contributed by atoms with van der Waals surface area (Å²) < 4.78 is 12.0. The van der Waals surface area contributed by atoms with Crippen LogP contribution in [0.5, 0.6) is 0 Å². The van der Waals surface area contributed by atoms with Gasteiger partial charge in [0.1, 0.15) is 0 Å². The van der Waals surface area contributed by atoms with Gasteiger partial charge < -0.3 is 45.6 Å². The number of aliphatic hydroxyl groups is 1. The molecule has 13 heteroatoms. The number of methoxy groups -OCH3 is 2. The summed E-state index contributed by atoms with van der Waals surface area (Å²) in [5.74, 6) is -1.56. The zero-order valence-corrected chi connectivity index (χ0v) is 33.8. The van der Waals surface area contributed by atoms with Gasteiger partial charge in [0.25, 0.3) is 0 Å². The maximum Gasteiger partial charge on any atom is 0.315 e. The van der Waals surface area contributed by atoms with Gasteiger partial charge in [0.05, 0.1) is 60.7 Å². The van der Waals surface area contributed by atoms with Gasteiger partial charge in [-0.25, -0.2) is 4.79 Å². The number of nitrogens with zero attached hydrogens (tertiary/aromatic N) is 3. The molecule has 5 amide bonds. The van der Waals surface area contributed by atoms with E-state index >= 15 is 0 Å². The van der Waals surface area contributed by atoms with Crippen molar-refractivity contribution in [2.75, 3.05) is 47.5 Å². The summed E-state index contributed by atoms with van der Waals surface area (Å²) in [4.78, 5) is 60.0. The van der Waals surface area contributed by atoms with Gasteiger partial charge in [0.15, 0.2) is 0 Å². The van der Waals surface area contributed by atoms with Gasteiger partial charge >= 0.3 is 6.03 Å². The summed E-state index contributed by atoms with van der Waals surface area (Å²) >= 11 is 0. The Bertz CT molecular complexity index is 1350. The van der Waals surface area contributed by atoms with Crippen molar-refractivity contribution in [3.8, 4) is 0 Å². The van der Waals surface area contributed by atoms with Crippen LogP contribution in [0.3, 0.4) is 0 Å². The van der Waals surface area contributed by atoms with Gasteiger partial charge in [-0.15, -0.1) is 0 Å². The molecule has 0 bridgehead atoms. The number of piperazine rings is 1. The van der Waals surface area contributed by atoms with Crippen LogP contribution in [-0.2, 0) is 30.3 Å². The first-order valence-electron chi connectivity index (χ1n) is 19.4. The minimum absolute atomic E-state index is 0.00382. The van der Waals surface area contributed by atoms with E-state index in [1.54, 1.807) is 38.0 Å². The third-order valence-electron chi connectivity index (χ3n) is 11.9. The number of carbonyl (C=O) groups is 4. The standard InChI is InChI=1S/C40H68N6O7/c1-11-26(4)34(44(8)38(50)33(25(2)3)36-40(6,7)46(39(41)51)21-19-42-36)31(52-9)23-32(48)45-20-15-18-30(45)35(53-10)27(5)37(49)43-29(24-47)22-28-16-13-12-14-17-28/h12-14,16-17,25-27,29-31,33-36,42,47H,11,15,18-24H2,1-10H3,(H2,41,51)(H,43,49)/t26-,27+,29-,30-,31+,33-,34-,35+,36?/m0/s1. The Morgan fingerprint density at radius 3 is 2.28 bits per heavy atom. The largest absolute Gasteiger partial charge is 0.394 e. The molecule has 13 nitrogen and oxygen atoms in total. The number of urea groups is 1. The van der Waals surface area contributed by atoms with Crippen LogP contribution in [0.25, 0.3) is 0 Å². The molecule has 0 saturated carbocycles. The third-order valence-corrected chi connectivity index (χ3v) is 11.9. The molecule has 53 heavy (non-hydrogen) atoms. The first-order chi connectivity index (χ1) is 25.0. The van der Waals surface area contributed by atoms with Gasteiger partial charge in [-0.1, -0.05) is 71.4 Å². The van der Waals surface area contributed by atoms with Crippen molar-refractivity contribution in [2.24, 2.45) is 29.4 Å². The van der Waals surface area contributed by atoms with Crippen molar-refractivity contribution in [2.45, 2.75) is 122 Å². The van der Waals surface area contributed by atoms with Gasteiger partial charge in [-0.05, 0) is 50.5 Å². The molecule has 1 aromatic carbocycles. The van der Waals surface area contributed by atoms with E-state index in [0.29, 0.717) is 32.5 Å². The lowest BCUT2D eigenvalue weighted by Gasteiger charge is -2.52. The minimum atomic E-state index is -0.713. The Kier molecular flexibility index (Phi) is 16.6. The number of carbonyl (C=O) groups excluding carboxylic acids is 4. The lowest BCUT2D eigenvalue weighted by Crippen LogP contribution is -2.71. The van der Waals surface area contributed by atoms with E-state index in [2.05, 4.69) is 24.5 Å². The van der Waals surface area contributed by atoms with Gasteiger partial charge in [0, 0.05) is 46.9 Å². The average molecular weight is 745 g/mol. The highest BCUT2D eigenvalue weighted by molar-refractivity contribution is 5.82. The Balaban J connectivity index is 1.80. The minimum Gasteiger partial charge on any atom is -0.394 e. The maximum absolute atomic E-state index is 14.6. The molecule has 2 aliphatic heterocycles. The number of primary amides is 1. The van der Waals surface area contributed by atoms with Crippen molar-refractivity contribution >= 4 is 23.8 Å². The van der Waals surface area contributed by atoms with Crippen LogP contribution >= 0.6 is 0 Å². The number of benzene rings is 1. The van der Waals surface area contributed by atoms with Crippen LogP contribution in [0.2, 0.25) is 0 Å². The van der Waals surface area contributed by atoms with E-state index in [0.717, 1.165) is 18.4 Å². The molecule has 2 heterocycles.